The summed E-state index contributed by atoms with van der Waals surface area (Å²) in [5.41, 5.74) is 3.41. The first-order chi connectivity index (χ1) is 12.2. The van der Waals surface area contributed by atoms with Crippen molar-refractivity contribution in [3.63, 3.8) is 0 Å². The van der Waals surface area contributed by atoms with E-state index in [-0.39, 0.29) is 0 Å². The van der Waals surface area contributed by atoms with Crippen LogP contribution < -0.4 is 0 Å². The summed E-state index contributed by atoms with van der Waals surface area (Å²) in [6.07, 6.45) is 4.76. The van der Waals surface area contributed by atoms with Crippen molar-refractivity contribution >= 4 is 39.9 Å². The maximum atomic E-state index is 12.0. The molecule has 0 fully saturated rings. The molecule has 0 saturated heterocycles. The fraction of sp³-hybridized carbons (Fsp3) is 0.182. The van der Waals surface area contributed by atoms with Crippen molar-refractivity contribution in [3.8, 4) is 0 Å². The minimum atomic E-state index is -0.994. The Balaban J connectivity index is 2.02. The van der Waals surface area contributed by atoms with Gasteiger partial charge in [0.1, 0.15) is 5.60 Å². The summed E-state index contributed by atoms with van der Waals surface area (Å²) in [5, 5.41) is 14.4. The van der Waals surface area contributed by atoms with Gasteiger partial charge in [-0.2, -0.15) is 0 Å². The molecule has 0 heterocycles. The van der Waals surface area contributed by atoms with Crippen LogP contribution in [0.1, 0.15) is 16.7 Å². The highest BCUT2D eigenvalue weighted by Gasteiger charge is 2.43. The smallest absolute Gasteiger partial charge is 0.121 e. The quantitative estimate of drug-likeness (QED) is 0.643. The molecule has 1 nitrogen and oxygen atoms in total. The van der Waals surface area contributed by atoms with E-state index in [0.717, 1.165) is 16.7 Å². The standard InChI is InChI=1S/C22H20OS2/c1-24-21(25-2)20-17-12-6-10-16-11-7-13-18(19(16)17)22(20,23)14-15-8-4-3-5-9-15/h3-13,23H,14H2,1-2H3. The van der Waals surface area contributed by atoms with Gasteiger partial charge in [-0.1, -0.05) is 66.7 Å². The number of aliphatic hydroxyl groups is 1. The van der Waals surface area contributed by atoms with Gasteiger partial charge in [0.05, 0.1) is 0 Å². The molecular weight excluding hydrogens is 344 g/mol. The van der Waals surface area contributed by atoms with Gasteiger partial charge in [-0.25, -0.2) is 0 Å². The lowest BCUT2D eigenvalue weighted by Crippen LogP contribution is -2.27. The van der Waals surface area contributed by atoms with Gasteiger partial charge >= 0.3 is 0 Å². The van der Waals surface area contributed by atoms with Crippen LogP contribution in [0, 0.1) is 0 Å². The number of hydrogen-bond donors (Lipinski definition) is 1. The van der Waals surface area contributed by atoms with Gasteiger partial charge in [0, 0.05) is 16.2 Å². The predicted molar refractivity (Wildman–Crippen MR) is 112 cm³/mol. The van der Waals surface area contributed by atoms with Crippen LogP contribution in [0.25, 0.3) is 16.3 Å². The minimum absolute atomic E-state index is 0.585. The van der Waals surface area contributed by atoms with Gasteiger partial charge < -0.3 is 5.11 Å². The Hall–Kier alpha value is -1.68. The molecule has 0 aromatic heterocycles. The topological polar surface area (TPSA) is 20.2 Å². The van der Waals surface area contributed by atoms with Crippen molar-refractivity contribution in [1.29, 1.82) is 0 Å². The molecule has 0 aliphatic heterocycles. The van der Waals surface area contributed by atoms with Crippen molar-refractivity contribution in [1.82, 2.24) is 0 Å². The van der Waals surface area contributed by atoms with Gasteiger partial charge in [0.15, 0.2) is 0 Å². The molecule has 0 radical (unpaired) electrons. The zero-order valence-corrected chi connectivity index (χ0v) is 16.0. The molecule has 0 spiro atoms. The fourth-order valence-corrected chi connectivity index (χ4v) is 5.53. The van der Waals surface area contributed by atoms with Gasteiger partial charge in [-0.05, 0) is 40.0 Å². The van der Waals surface area contributed by atoms with Crippen molar-refractivity contribution < 1.29 is 5.11 Å². The second-order valence-corrected chi connectivity index (χ2v) is 8.19. The lowest BCUT2D eigenvalue weighted by atomic mass is 9.85. The molecule has 126 valence electrons. The van der Waals surface area contributed by atoms with Crippen LogP contribution in [0.2, 0.25) is 0 Å². The van der Waals surface area contributed by atoms with E-state index in [1.165, 1.54) is 20.6 Å². The number of benzene rings is 3. The van der Waals surface area contributed by atoms with E-state index in [2.05, 4.69) is 61.0 Å². The zero-order valence-electron chi connectivity index (χ0n) is 14.3. The highest BCUT2D eigenvalue weighted by molar-refractivity contribution is 8.21. The summed E-state index contributed by atoms with van der Waals surface area (Å²) < 4.78 is 1.18. The largest absolute Gasteiger partial charge is 0.380 e. The SMILES string of the molecule is CSC(SC)=C1c2cccc3cccc(c23)C1(O)Cc1ccccc1. The third-order valence-electron chi connectivity index (χ3n) is 4.91. The van der Waals surface area contributed by atoms with Crippen molar-refractivity contribution in [3.05, 3.63) is 87.7 Å². The highest BCUT2D eigenvalue weighted by Crippen LogP contribution is 2.54. The first kappa shape index (κ1) is 16.8. The summed E-state index contributed by atoms with van der Waals surface area (Å²) in [4.78, 5) is 0. The molecule has 25 heavy (non-hydrogen) atoms. The lowest BCUT2D eigenvalue weighted by molar-refractivity contribution is 0.106. The molecule has 1 aliphatic carbocycles. The van der Waals surface area contributed by atoms with Crippen molar-refractivity contribution in [2.24, 2.45) is 0 Å². The first-order valence-corrected chi connectivity index (χ1v) is 10.8. The van der Waals surface area contributed by atoms with E-state index < -0.39 is 5.60 Å². The van der Waals surface area contributed by atoms with Gasteiger partial charge in [0.2, 0.25) is 0 Å². The van der Waals surface area contributed by atoms with Crippen molar-refractivity contribution in [2.45, 2.75) is 12.0 Å². The third kappa shape index (κ3) is 2.62. The summed E-state index contributed by atoms with van der Waals surface area (Å²) in [5.74, 6) is 0. The molecular formula is C22H20OS2. The van der Waals surface area contributed by atoms with Crippen molar-refractivity contribution in [2.75, 3.05) is 12.5 Å². The molecule has 1 aliphatic rings. The van der Waals surface area contributed by atoms with Crippen LogP contribution in [0.4, 0.5) is 0 Å². The van der Waals surface area contributed by atoms with E-state index in [9.17, 15) is 5.11 Å². The molecule has 3 aromatic carbocycles. The summed E-state index contributed by atoms with van der Waals surface area (Å²) in [6, 6.07) is 22.9. The van der Waals surface area contributed by atoms with Crippen LogP contribution >= 0.6 is 23.5 Å². The average Bonchev–Trinajstić information content (AvgIpc) is 2.89. The Kier molecular flexibility index (Phi) is 4.40. The Morgan fingerprint density at radius 2 is 1.56 bits per heavy atom. The normalized spacial score (nSPS) is 18.8. The Labute approximate surface area is 157 Å². The molecule has 0 saturated carbocycles. The predicted octanol–water partition coefficient (Wildman–Crippen LogP) is 5.68. The Bertz CT molecular complexity index is 951. The monoisotopic (exact) mass is 364 g/mol. The van der Waals surface area contributed by atoms with Crippen LogP contribution in [0.5, 0.6) is 0 Å². The molecule has 3 heteroatoms. The summed E-state index contributed by atoms with van der Waals surface area (Å²) in [7, 11) is 0. The maximum Gasteiger partial charge on any atom is 0.121 e. The zero-order chi connectivity index (χ0) is 17.4. The van der Waals surface area contributed by atoms with Crippen LogP contribution in [0.15, 0.2) is 71.0 Å². The molecule has 1 unspecified atom stereocenters. The number of thioether (sulfide) groups is 2. The molecule has 3 aromatic rings. The second-order valence-electron chi connectivity index (χ2n) is 6.30. The number of hydrogen-bond acceptors (Lipinski definition) is 3. The van der Waals surface area contributed by atoms with E-state index in [4.69, 9.17) is 0 Å². The Morgan fingerprint density at radius 1 is 0.880 bits per heavy atom. The molecule has 0 bridgehead atoms. The van der Waals surface area contributed by atoms with E-state index in [1.807, 2.05) is 18.2 Å². The number of rotatable bonds is 4. The maximum absolute atomic E-state index is 12.0. The van der Waals surface area contributed by atoms with E-state index >= 15 is 0 Å². The average molecular weight is 365 g/mol. The van der Waals surface area contributed by atoms with Crippen LogP contribution in [-0.4, -0.2) is 17.6 Å². The highest BCUT2D eigenvalue weighted by atomic mass is 32.2. The van der Waals surface area contributed by atoms with E-state index in [1.54, 1.807) is 23.5 Å². The lowest BCUT2D eigenvalue weighted by Gasteiger charge is -2.28. The van der Waals surface area contributed by atoms with Gasteiger partial charge in [-0.15, -0.1) is 23.5 Å². The third-order valence-corrected chi connectivity index (χ3v) is 7.06. The fourth-order valence-electron chi connectivity index (χ4n) is 3.89. The van der Waals surface area contributed by atoms with E-state index in [0.29, 0.717) is 6.42 Å². The van der Waals surface area contributed by atoms with Gasteiger partial charge in [0.25, 0.3) is 0 Å². The molecule has 1 atom stereocenters. The first-order valence-electron chi connectivity index (χ1n) is 8.30. The molecule has 0 amide bonds. The van der Waals surface area contributed by atoms with Crippen LogP contribution in [-0.2, 0) is 12.0 Å². The second kappa shape index (κ2) is 6.56. The minimum Gasteiger partial charge on any atom is -0.380 e. The summed E-state index contributed by atoms with van der Waals surface area (Å²) >= 11 is 3.43. The Morgan fingerprint density at radius 3 is 2.24 bits per heavy atom. The summed E-state index contributed by atoms with van der Waals surface area (Å²) in [6.45, 7) is 0. The van der Waals surface area contributed by atoms with Crippen LogP contribution in [0.3, 0.4) is 0 Å². The molecule has 4 rings (SSSR count). The van der Waals surface area contributed by atoms with Gasteiger partial charge in [-0.3, -0.25) is 0 Å². The molecule has 1 N–H and O–H groups in total.